The Morgan fingerprint density at radius 3 is 2.21 bits per heavy atom. The van der Waals surface area contributed by atoms with E-state index in [-0.39, 0.29) is 34.1 Å². The monoisotopic (exact) mass is 603 g/mol. The molecule has 9 nitrogen and oxygen atoms in total. The van der Waals surface area contributed by atoms with Gasteiger partial charge in [0, 0.05) is 49.5 Å². The molecule has 0 fully saturated rings. The summed E-state index contributed by atoms with van der Waals surface area (Å²) in [4.78, 5) is 12.0. The van der Waals surface area contributed by atoms with Crippen LogP contribution in [-0.4, -0.2) is 41.1 Å². The molecule has 0 saturated carbocycles. The Hall–Kier alpha value is -4.37. The van der Waals surface area contributed by atoms with Gasteiger partial charge >= 0.3 is 13.4 Å². The highest BCUT2D eigenvalue weighted by Gasteiger charge is 2.41. The molecule has 0 radical (unpaired) electrons. The van der Waals surface area contributed by atoms with E-state index in [4.69, 9.17) is 9.29 Å². The van der Waals surface area contributed by atoms with Crippen molar-refractivity contribution in [2.45, 2.75) is 31.6 Å². The fraction of sp³-hybridized carbons (Fsp3) is 0.185. The maximum atomic E-state index is 14.6. The fourth-order valence-corrected chi connectivity index (χ4v) is 4.73. The Morgan fingerprint density at radius 1 is 1.05 bits per heavy atom. The van der Waals surface area contributed by atoms with Gasteiger partial charge in [-0.25, -0.2) is 21.9 Å². The normalized spacial score (nSPS) is 14.4. The summed E-state index contributed by atoms with van der Waals surface area (Å²) in [6.45, 7) is 3.76. The van der Waals surface area contributed by atoms with Crippen LogP contribution in [0.1, 0.15) is 29.8 Å². The molecule has 0 spiro atoms. The van der Waals surface area contributed by atoms with Gasteiger partial charge in [-0.2, -0.15) is 18.6 Å². The van der Waals surface area contributed by atoms with E-state index in [1.807, 2.05) is 31.5 Å². The second-order valence-corrected chi connectivity index (χ2v) is 10.8. The molecule has 0 saturated heterocycles. The van der Waals surface area contributed by atoms with Gasteiger partial charge in [-0.1, -0.05) is 0 Å². The van der Waals surface area contributed by atoms with Gasteiger partial charge in [-0.3, -0.25) is 9.35 Å². The van der Waals surface area contributed by atoms with Crippen LogP contribution in [0.25, 0.3) is 6.08 Å². The molecule has 218 valence electrons. The molecule has 4 rings (SSSR count). The second kappa shape index (κ2) is 12.2. The molecule has 1 aliphatic rings. The number of azo groups is 1. The average Bonchev–Trinajstić information content (AvgIpc) is 3.43. The van der Waals surface area contributed by atoms with Gasteiger partial charge in [-0.05, 0) is 49.7 Å². The van der Waals surface area contributed by atoms with E-state index < -0.39 is 47.3 Å². The van der Waals surface area contributed by atoms with Gasteiger partial charge < -0.3 is 9.30 Å². The maximum absolute atomic E-state index is 14.6. The minimum Gasteiger partial charge on any atom is -0.420 e. The molecule has 15 heteroatoms. The van der Waals surface area contributed by atoms with Crippen LogP contribution in [0.15, 0.2) is 75.4 Å². The number of aromatic nitrogens is 1. The van der Waals surface area contributed by atoms with Crippen LogP contribution in [0.4, 0.5) is 28.8 Å². The van der Waals surface area contributed by atoms with Crippen molar-refractivity contribution in [1.82, 2.24) is 4.57 Å². The topological polar surface area (TPSA) is 113 Å². The van der Waals surface area contributed by atoms with Crippen molar-refractivity contribution in [3.05, 3.63) is 88.9 Å². The van der Waals surface area contributed by atoms with Crippen LogP contribution in [0.3, 0.4) is 0 Å². The highest BCUT2D eigenvalue weighted by atomic mass is 32.2. The number of halogens is 4. The molecule has 1 N–H and O–H groups in total. The summed E-state index contributed by atoms with van der Waals surface area (Å²) in [7, 11) is -5.47. The Kier molecular flexibility index (Phi) is 8.92. The number of rotatable bonds is 9. The lowest BCUT2D eigenvalue weighted by atomic mass is 10.1. The Labute approximate surface area is 239 Å². The minimum absolute atomic E-state index is 0.127. The summed E-state index contributed by atoms with van der Waals surface area (Å²) in [6, 6.07) is 8.01. The molecule has 0 unspecified atom stereocenters. The molecule has 2 heterocycles. The fourth-order valence-electron chi connectivity index (χ4n) is 4.25. The zero-order valence-corrected chi connectivity index (χ0v) is 23.4. The van der Waals surface area contributed by atoms with Crippen molar-refractivity contribution >= 4 is 46.7 Å². The first-order chi connectivity index (χ1) is 19.7. The molecule has 2 aromatic carbocycles. The molecular formula is C27H24BF4N4O5S+. The number of hydrogen-bond donors (Lipinski definition) is 1. The third kappa shape index (κ3) is 6.91. The maximum Gasteiger partial charge on any atom is 0.934 e. The van der Waals surface area contributed by atoms with Crippen LogP contribution in [0, 0.1) is 25.5 Å². The minimum atomic E-state index is -4.40. The van der Waals surface area contributed by atoms with Crippen molar-refractivity contribution in [3.63, 3.8) is 0 Å². The first-order valence-electron chi connectivity index (χ1n) is 12.4. The van der Waals surface area contributed by atoms with Gasteiger partial charge in [0.1, 0.15) is 0 Å². The van der Waals surface area contributed by atoms with Crippen LogP contribution < -0.4 is 4.74 Å². The largest absolute Gasteiger partial charge is 0.934 e. The second-order valence-electron chi connectivity index (χ2n) is 9.34. The van der Waals surface area contributed by atoms with Gasteiger partial charge in [0.2, 0.25) is 5.75 Å². The standard InChI is InChI=1S/C27H23BF4N4O5S/c1-16-12-17(2)35(3)25(16)15-21-7-6-20(36(21)28(31)32)8-11-26(37)41-27-23(29)13-19(14-24(27)30)34-33-18-4-9-22(10-5-18)42(38,39)40/h4-7,9-10,12-15H,8,11H2,1-3H3/p+1/b34-33+. The van der Waals surface area contributed by atoms with E-state index in [1.165, 1.54) is 24.3 Å². The average molecular weight is 603 g/mol. The van der Waals surface area contributed by atoms with Crippen LogP contribution in [-0.2, 0) is 22.0 Å². The highest BCUT2D eigenvalue weighted by Crippen LogP contribution is 2.29. The van der Waals surface area contributed by atoms with E-state index in [0.29, 0.717) is 0 Å². The SMILES string of the molecule is Cc1cc(C)n(C)c1/C=C1/C=CC(CCC(=O)Oc2c(F)cc(/N=N/c3ccc(S(=O)(=O)O)cc3)cc2F)=[N+]1B(F)F. The summed E-state index contributed by atoms with van der Waals surface area (Å²) < 4.78 is 95.7. The zero-order chi connectivity index (χ0) is 30.8. The third-order valence-electron chi connectivity index (χ3n) is 6.43. The quantitative estimate of drug-likeness (QED) is 0.0776. The van der Waals surface area contributed by atoms with Crippen LogP contribution in [0.5, 0.6) is 5.75 Å². The number of carbonyl (C=O) groups is 1. The molecule has 1 aromatic heterocycles. The van der Waals surface area contributed by atoms with Crippen molar-refractivity contribution in [1.29, 1.82) is 0 Å². The Balaban J connectivity index is 1.44. The number of hydrogen-bond acceptors (Lipinski definition) is 6. The summed E-state index contributed by atoms with van der Waals surface area (Å²) >= 11 is 0. The smallest absolute Gasteiger partial charge is 0.420 e. The lowest BCUT2D eigenvalue weighted by molar-refractivity contribution is -0.342. The Bertz CT molecular complexity index is 1760. The number of carbonyl (C=O) groups excluding carboxylic acids is 1. The van der Waals surface area contributed by atoms with Crippen molar-refractivity contribution in [3.8, 4) is 5.75 Å². The van der Waals surface area contributed by atoms with Crippen molar-refractivity contribution < 1.29 is 44.4 Å². The van der Waals surface area contributed by atoms with Gasteiger partial charge in [-0.15, -0.1) is 0 Å². The highest BCUT2D eigenvalue weighted by molar-refractivity contribution is 7.85. The molecule has 0 bridgehead atoms. The lowest BCUT2D eigenvalue weighted by Crippen LogP contribution is -2.25. The summed E-state index contributed by atoms with van der Waals surface area (Å²) in [5, 5.41) is 7.41. The number of aryl methyl sites for hydroxylation is 2. The summed E-state index contributed by atoms with van der Waals surface area (Å²) in [5.74, 6) is -4.52. The molecular weight excluding hydrogens is 579 g/mol. The van der Waals surface area contributed by atoms with E-state index in [1.54, 1.807) is 6.08 Å². The van der Waals surface area contributed by atoms with Gasteiger partial charge in [0.05, 0.1) is 28.4 Å². The summed E-state index contributed by atoms with van der Waals surface area (Å²) in [6.07, 6.45) is 3.97. The van der Waals surface area contributed by atoms with Gasteiger partial charge in [0.25, 0.3) is 10.1 Å². The van der Waals surface area contributed by atoms with E-state index in [2.05, 4.69) is 10.2 Å². The zero-order valence-electron chi connectivity index (χ0n) is 22.6. The number of benzene rings is 2. The van der Waals surface area contributed by atoms with Crippen molar-refractivity contribution in [2.24, 2.45) is 17.3 Å². The number of ether oxygens (including phenoxy) is 1. The van der Waals surface area contributed by atoms with Crippen LogP contribution >= 0.6 is 0 Å². The summed E-state index contributed by atoms with van der Waals surface area (Å²) in [5.41, 5.74) is 2.84. The van der Waals surface area contributed by atoms with Crippen LogP contribution in [0.2, 0.25) is 0 Å². The number of nitrogens with zero attached hydrogens (tertiary/aromatic N) is 4. The molecule has 3 aromatic rings. The molecule has 1 aliphatic heterocycles. The third-order valence-corrected chi connectivity index (χ3v) is 7.30. The van der Waals surface area contributed by atoms with E-state index >= 15 is 0 Å². The van der Waals surface area contributed by atoms with Gasteiger partial charge in [0.15, 0.2) is 23.0 Å². The Morgan fingerprint density at radius 2 is 1.67 bits per heavy atom. The van der Waals surface area contributed by atoms with Crippen molar-refractivity contribution in [2.75, 3.05) is 0 Å². The van der Waals surface area contributed by atoms with E-state index in [0.717, 1.165) is 45.7 Å². The number of allylic oxidation sites excluding steroid dienone is 2. The number of esters is 1. The molecule has 0 amide bonds. The van der Waals surface area contributed by atoms with E-state index in [9.17, 15) is 30.6 Å². The molecule has 42 heavy (non-hydrogen) atoms. The lowest BCUT2D eigenvalue weighted by Gasteiger charge is -2.07. The molecule has 0 atom stereocenters. The predicted octanol–water partition coefficient (Wildman–Crippen LogP) is 6.26. The first-order valence-corrected chi connectivity index (χ1v) is 13.8. The first kappa shape index (κ1) is 30.6. The molecule has 0 aliphatic carbocycles. The predicted molar refractivity (Wildman–Crippen MR) is 147 cm³/mol.